The smallest absolute Gasteiger partial charge is 0.119 e. The first-order valence-electron chi connectivity index (χ1n) is 6.42. The van der Waals surface area contributed by atoms with Gasteiger partial charge in [0, 0.05) is 24.3 Å². The maximum absolute atomic E-state index is 6.19. The van der Waals surface area contributed by atoms with Crippen LogP contribution in [0.4, 0.5) is 0 Å². The second kappa shape index (κ2) is 5.50. The number of ether oxygens (including phenoxy) is 2. The number of methoxy groups -OCH3 is 1. The van der Waals surface area contributed by atoms with E-state index in [4.69, 9.17) is 21.1 Å². The fourth-order valence-corrected chi connectivity index (χ4v) is 2.46. The number of hydrogen-bond acceptors (Lipinski definition) is 2. The van der Waals surface area contributed by atoms with Crippen LogP contribution in [0, 0.1) is 5.41 Å². The Hall–Kier alpha value is -0.730. The molecule has 18 heavy (non-hydrogen) atoms. The molecule has 0 spiro atoms. The van der Waals surface area contributed by atoms with Gasteiger partial charge in [-0.2, -0.15) is 0 Å². The summed E-state index contributed by atoms with van der Waals surface area (Å²) in [5.74, 6) is 0.929. The topological polar surface area (TPSA) is 18.5 Å². The van der Waals surface area contributed by atoms with E-state index in [1.54, 1.807) is 7.11 Å². The van der Waals surface area contributed by atoms with Crippen LogP contribution in [0.2, 0.25) is 0 Å². The van der Waals surface area contributed by atoms with Crippen LogP contribution < -0.4 is 4.74 Å². The van der Waals surface area contributed by atoms with Crippen molar-refractivity contribution in [2.45, 2.75) is 38.2 Å². The lowest BCUT2D eigenvalue weighted by molar-refractivity contribution is -0.0130. The predicted molar refractivity (Wildman–Crippen MR) is 74.5 cm³/mol. The van der Waals surface area contributed by atoms with Crippen LogP contribution in [-0.2, 0) is 11.2 Å². The normalized spacial score (nSPS) is 25.6. The van der Waals surface area contributed by atoms with Crippen LogP contribution in [0.15, 0.2) is 24.3 Å². The lowest BCUT2D eigenvalue weighted by Gasteiger charge is -2.48. The van der Waals surface area contributed by atoms with Crippen molar-refractivity contribution in [1.82, 2.24) is 0 Å². The second-order valence-corrected chi connectivity index (χ2v) is 6.04. The molecule has 1 aromatic rings. The summed E-state index contributed by atoms with van der Waals surface area (Å²) in [6.07, 6.45) is 2.10. The van der Waals surface area contributed by atoms with Crippen LogP contribution in [0.5, 0.6) is 5.75 Å². The third-order valence-corrected chi connectivity index (χ3v) is 4.60. The first kappa shape index (κ1) is 13.7. The molecular formula is C15H21ClO2. The monoisotopic (exact) mass is 268 g/mol. The standard InChI is InChI=1S/C15H21ClO2/c1-15(2)13(16)10-14(15)18-12-6-4-11(5-7-12)8-9-17-3/h4-7,13-14H,8-10H2,1-3H3. The fourth-order valence-electron chi connectivity index (χ4n) is 2.16. The zero-order valence-corrected chi connectivity index (χ0v) is 12.0. The highest BCUT2D eigenvalue weighted by Crippen LogP contribution is 2.46. The third-order valence-electron chi connectivity index (χ3n) is 3.85. The summed E-state index contributed by atoms with van der Waals surface area (Å²) < 4.78 is 11.0. The van der Waals surface area contributed by atoms with Gasteiger partial charge in [-0.05, 0) is 24.1 Å². The van der Waals surface area contributed by atoms with Crippen LogP contribution >= 0.6 is 11.6 Å². The summed E-state index contributed by atoms with van der Waals surface area (Å²) in [5, 5.41) is 0.225. The maximum atomic E-state index is 6.19. The van der Waals surface area contributed by atoms with Gasteiger partial charge in [0.25, 0.3) is 0 Å². The van der Waals surface area contributed by atoms with Crippen molar-refractivity contribution in [2.24, 2.45) is 5.41 Å². The first-order chi connectivity index (χ1) is 8.54. The molecule has 1 aliphatic rings. The molecule has 0 N–H and O–H groups in total. The zero-order valence-electron chi connectivity index (χ0n) is 11.3. The summed E-state index contributed by atoms with van der Waals surface area (Å²) in [4.78, 5) is 0. The number of alkyl halides is 1. The van der Waals surface area contributed by atoms with E-state index >= 15 is 0 Å². The SMILES string of the molecule is COCCc1ccc(OC2CC(Cl)C2(C)C)cc1. The Morgan fingerprint density at radius 1 is 1.28 bits per heavy atom. The van der Waals surface area contributed by atoms with Gasteiger partial charge in [0.2, 0.25) is 0 Å². The highest BCUT2D eigenvalue weighted by Gasteiger charge is 2.49. The van der Waals surface area contributed by atoms with Gasteiger partial charge >= 0.3 is 0 Å². The molecule has 0 bridgehead atoms. The van der Waals surface area contributed by atoms with Gasteiger partial charge in [0.05, 0.1) is 6.61 Å². The van der Waals surface area contributed by atoms with Crippen molar-refractivity contribution >= 4 is 11.6 Å². The van der Waals surface area contributed by atoms with Crippen molar-refractivity contribution in [3.8, 4) is 5.75 Å². The Labute approximate surface area is 114 Å². The van der Waals surface area contributed by atoms with E-state index in [1.807, 2.05) is 12.1 Å². The number of hydrogen-bond donors (Lipinski definition) is 0. The first-order valence-corrected chi connectivity index (χ1v) is 6.86. The minimum atomic E-state index is 0.0658. The highest BCUT2D eigenvalue weighted by atomic mass is 35.5. The summed E-state index contributed by atoms with van der Waals surface area (Å²) in [5.41, 5.74) is 1.34. The van der Waals surface area contributed by atoms with Gasteiger partial charge in [0.1, 0.15) is 11.9 Å². The number of rotatable bonds is 5. The molecule has 1 saturated carbocycles. The van der Waals surface area contributed by atoms with Gasteiger partial charge in [0.15, 0.2) is 0 Å². The Bertz CT molecular complexity index is 386. The maximum Gasteiger partial charge on any atom is 0.119 e. The molecule has 100 valence electrons. The molecule has 1 fully saturated rings. The summed E-state index contributed by atoms with van der Waals surface area (Å²) in [7, 11) is 1.72. The van der Waals surface area contributed by atoms with Crippen LogP contribution in [0.1, 0.15) is 25.8 Å². The number of benzene rings is 1. The van der Waals surface area contributed by atoms with Crippen molar-refractivity contribution in [1.29, 1.82) is 0 Å². The largest absolute Gasteiger partial charge is 0.490 e. The molecule has 0 saturated heterocycles. The molecule has 2 nitrogen and oxygen atoms in total. The van der Waals surface area contributed by atoms with Crippen molar-refractivity contribution in [2.75, 3.05) is 13.7 Å². The van der Waals surface area contributed by atoms with E-state index in [1.165, 1.54) is 5.56 Å². The Morgan fingerprint density at radius 2 is 1.94 bits per heavy atom. The van der Waals surface area contributed by atoms with Gasteiger partial charge in [-0.3, -0.25) is 0 Å². The number of halogens is 1. The van der Waals surface area contributed by atoms with E-state index < -0.39 is 0 Å². The molecule has 0 heterocycles. The van der Waals surface area contributed by atoms with E-state index in [9.17, 15) is 0 Å². The highest BCUT2D eigenvalue weighted by molar-refractivity contribution is 6.21. The van der Waals surface area contributed by atoms with Crippen LogP contribution in [0.25, 0.3) is 0 Å². The molecular weight excluding hydrogens is 248 g/mol. The Morgan fingerprint density at radius 3 is 2.44 bits per heavy atom. The van der Waals surface area contributed by atoms with Gasteiger partial charge < -0.3 is 9.47 Å². The molecule has 2 unspecified atom stereocenters. The Balaban J connectivity index is 1.91. The molecule has 2 atom stereocenters. The van der Waals surface area contributed by atoms with Gasteiger partial charge in [-0.25, -0.2) is 0 Å². The van der Waals surface area contributed by atoms with Crippen molar-refractivity contribution < 1.29 is 9.47 Å². The van der Waals surface area contributed by atoms with E-state index in [2.05, 4.69) is 26.0 Å². The van der Waals surface area contributed by atoms with E-state index in [0.717, 1.165) is 25.2 Å². The fraction of sp³-hybridized carbons (Fsp3) is 0.600. The molecule has 0 aliphatic heterocycles. The molecule has 0 radical (unpaired) electrons. The molecule has 2 rings (SSSR count). The predicted octanol–water partition coefficient (Wildman–Crippen LogP) is 3.66. The quantitative estimate of drug-likeness (QED) is 0.759. The molecule has 3 heteroatoms. The summed E-state index contributed by atoms with van der Waals surface area (Å²) in [6, 6.07) is 8.25. The van der Waals surface area contributed by atoms with Crippen molar-refractivity contribution in [3.63, 3.8) is 0 Å². The van der Waals surface area contributed by atoms with E-state index in [-0.39, 0.29) is 16.9 Å². The average Bonchev–Trinajstić information content (AvgIpc) is 2.37. The molecule has 1 aliphatic carbocycles. The van der Waals surface area contributed by atoms with E-state index in [0.29, 0.717) is 0 Å². The van der Waals surface area contributed by atoms with Crippen LogP contribution in [0.3, 0.4) is 0 Å². The summed E-state index contributed by atoms with van der Waals surface area (Å²) >= 11 is 6.19. The molecule has 0 amide bonds. The van der Waals surface area contributed by atoms with Crippen molar-refractivity contribution in [3.05, 3.63) is 29.8 Å². The second-order valence-electron chi connectivity index (χ2n) is 5.52. The Kier molecular flexibility index (Phi) is 4.18. The van der Waals surface area contributed by atoms with Gasteiger partial charge in [-0.15, -0.1) is 11.6 Å². The minimum absolute atomic E-state index is 0.0658. The molecule has 1 aromatic carbocycles. The zero-order chi connectivity index (χ0) is 13.2. The lowest BCUT2D eigenvalue weighted by atomic mass is 9.68. The van der Waals surface area contributed by atoms with Crippen LogP contribution in [-0.4, -0.2) is 25.2 Å². The third kappa shape index (κ3) is 2.81. The molecule has 0 aromatic heterocycles. The van der Waals surface area contributed by atoms with Gasteiger partial charge in [-0.1, -0.05) is 26.0 Å². The average molecular weight is 269 g/mol. The minimum Gasteiger partial charge on any atom is -0.490 e. The lowest BCUT2D eigenvalue weighted by Crippen LogP contribution is -2.53. The summed E-state index contributed by atoms with van der Waals surface area (Å²) in [6.45, 7) is 5.07.